The van der Waals surface area contributed by atoms with Gasteiger partial charge in [-0.25, -0.2) is 9.59 Å². The molecular formula is C39H43NO5. The van der Waals surface area contributed by atoms with E-state index in [9.17, 15) is 14.7 Å². The summed E-state index contributed by atoms with van der Waals surface area (Å²) >= 11 is 0. The van der Waals surface area contributed by atoms with Gasteiger partial charge in [0.05, 0.1) is 28.8 Å². The monoisotopic (exact) mass is 605 g/mol. The highest BCUT2D eigenvalue weighted by Gasteiger charge is 2.21. The van der Waals surface area contributed by atoms with Crippen LogP contribution in [-0.2, 0) is 25.8 Å². The van der Waals surface area contributed by atoms with E-state index in [0.29, 0.717) is 18.7 Å². The van der Waals surface area contributed by atoms with Crippen molar-refractivity contribution in [2.24, 2.45) is 0 Å². The maximum absolute atomic E-state index is 12.5. The Morgan fingerprint density at radius 3 is 2.20 bits per heavy atom. The Bertz CT molecular complexity index is 1780. The molecular weight excluding hydrogens is 562 g/mol. The Kier molecular flexibility index (Phi) is 10.6. The summed E-state index contributed by atoms with van der Waals surface area (Å²) in [6, 6.07) is 25.2. The van der Waals surface area contributed by atoms with Crippen molar-refractivity contribution in [1.29, 1.82) is 0 Å². The number of rotatable bonds is 16. The molecule has 5 rings (SSSR count). The van der Waals surface area contributed by atoms with Crippen LogP contribution in [0.25, 0.3) is 21.8 Å². The lowest BCUT2D eigenvalue weighted by Gasteiger charge is -2.15. The van der Waals surface area contributed by atoms with Crippen molar-refractivity contribution < 1.29 is 24.5 Å². The summed E-state index contributed by atoms with van der Waals surface area (Å²) < 4.78 is 8.66. The quantitative estimate of drug-likeness (QED) is 0.109. The summed E-state index contributed by atoms with van der Waals surface area (Å²) in [7, 11) is 0. The van der Waals surface area contributed by atoms with Gasteiger partial charge >= 0.3 is 11.9 Å². The van der Waals surface area contributed by atoms with E-state index in [1.54, 1.807) is 18.2 Å². The zero-order valence-corrected chi connectivity index (χ0v) is 26.4. The highest BCUT2D eigenvalue weighted by Crippen LogP contribution is 2.38. The molecule has 4 aromatic carbocycles. The molecule has 0 spiro atoms. The molecule has 5 aromatic rings. The summed E-state index contributed by atoms with van der Waals surface area (Å²) in [5.41, 5.74) is 7.37. The van der Waals surface area contributed by atoms with E-state index in [0.717, 1.165) is 71.6 Å². The Morgan fingerprint density at radius 1 is 0.733 bits per heavy atom. The van der Waals surface area contributed by atoms with E-state index in [1.165, 1.54) is 36.0 Å². The third-order valence-corrected chi connectivity index (χ3v) is 8.72. The van der Waals surface area contributed by atoms with Crippen LogP contribution in [0.3, 0.4) is 0 Å². The van der Waals surface area contributed by atoms with Gasteiger partial charge in [-0.05, 0) is 90.8 Å². The average Bonchev–Trinajstić information content (AvgIpc) is 3.36. The van der Waals surface area contributed by atoms with Gasteiger partial charge in [-0.3, -0.25) is 0 Å². The minimum Gasteiger partial charge on any atom is -0.494 e. The smallest absolute Gasteiger partial charge is 0.336 e. The molecule has 0 saturated heterocycles. The molecule has 1 aromatic heterocycles. The maximum Gasteiger partial charge on any atom is 0.336 e. The molecule has 6 nitrogen and oxygen atoms in total. The molecule has 234 valence electrons. The predicted molar refractivity (Wildman–Crippen MR) is 181 cm³/mol. The fourth-order valence-corrected chi connectivity index (χ4v) is 6.39. The number of unbranched alkanes of at least 4 members (excludes halogenated alkanes) is 4. The van der Waals surface area contributed by atoms with Crippen LogP contribution in [0.5, 0.6) is 5.75 Å². The second kappa shape index (κ2) is 14.9. The summed E-state index contributed by atoms with van der Waals surface area (Å²) in [6.45, 7) is 5.55. The standard InChI is InChI=1S/C39H43NO5/c1-3-5-6-7-8-15-30-24-32(45-23-12-13-27-19-21-29(22-20-27)38(41)42)25-34-36-33(39(43)44)17-11-18-35(36)40(37(30)34)26-31-16-10-9-14-28(31)4-2/h9-11,14,16-22,24-25H,3-8,12-13,15,23,26H2,1-2H3,(H,41,42)(H,43,44). The fraction of sp³-hybridized carbons (Fsp3) is 0.333. The normalized spacial score (nSPS) is 11.3. The van der Waals surface area contributed by atoms with Gasteiger partial charge in [0.1, 0.15) is 5.75 Å². The molecule has 1 heterocycles. The maximum atomic E-state index is 12.5. The number of nitrogens with zero attached hydrogens (tertiary/aromatic N) is 1. The van der Waals surface area contributed by atoms with Gasteiger partial charge in [-0.1, -0.05) is 82.0 Å². The van der Waals surface area contributed by atoms with Crippen LogP contribution in [0.15, 0.2) is 78.9 Å². The predicted octanol–water partition coefficient (Wildman–Crippen LogP) is 9.33. The third-order valence-electron chi connectivity index (χ3n) is 8.72. The number of benzene rings is 4. The zero-order valence-electron chi connectivity index (χ0n) is 26.4. The van der Waals surface area contributed by atoms with Crippen molar-refractivity contribution in [3.8, 4) is 5.75 Å². The summed E-state index contributed by atoms with van der Waals surface area (Å²) in [6.07, 6.45) is 9.21. The Morgan fingerprint density at radius 2 is 1.49 bits per heavy atom. The van der Waals surface area contributed by atoms with Crippen molar-refractivity contribution in [2.45, 2.75) is 78.2 Å². The molecule has 0 unspecified atom stereocenters. The van der Waals surface area contributed by atoms with Crippen LogP contribution in [0.1, 0.15) is 95.3 Å². The number of aryl methyl sites for hydroxylation is 3. The first-order valence-electron chi connectivity index (χ1n) is 16.2. The molecule has 0 aliphatic heterocycles. The molecule has 0 bridgehead atoms. The lowest BCUT2D eigenvalue weighted by Crippen LogP contribution is -2.05. The minimum absolute atomic E-state index is 0.281. The summed E-state index contributed by atoms with van der Waals surface area (Å²) in [5, 5.41) is 21.1. The highest BCUT2D eigenvalue weighted by molar-refractivity contribution is 6.17. The molecule has 0 radical (unpaired) electrons. The van der Waals surface area contributed by atoms with Gasteiger partial charge in [0, 0.05) is 17.3 Å². The molecule has 0 amide bonds. The molecule has 0 atom stereocenters. The number of hydrogen-bond acceptors (Lipinski definition) is 3. The minimum atomic E-state index is -0.935. The van der Waals surface area contributed by atoms with Crippen molar-refractivity contribution in [1.82, 2.24) is 4.57 Å². The lowest BCUT2D eigenvalue weighted by molar-refractivity contribution is 0.0687. The van der Waals surface area contributed by atoms with Gasteiger partial charge in [0.25, 0.3) is 0 Å². The van der Waals surface area contributed by atoms with Crippen LogP contribution in [0.2, 0.25) is 0 Å². The van der Waals surface area contributed by atoms with Crippen molar-refractivity contribution in [2.75, 3.05) is 6.61 Å². The summed E-state index contributed by atoms with van der Waals surface area (Å²) in [4.78, 5) is 23.7. The van der Waals surface area contributed by atoms with E-state index in [-0.39, 0.29) is 5.56 Å². The first-order chi connectivity index (χ1) is 21.9. The van der Waals surface area contributed by atoms with Crippen molar-refractivity contribution >= 4 is 33.7 Å². The first-order valence-corrected chi connectivity index (χ1v) is 16.2. The van der Waals surface area contributed by atoms with Crippen LogP contribution in [0.4, 0.5) is 0 Å². The van der Waals surface area contributed by atoms with Gasteiger partial charge < -0.3 is 19.5 Å². The lowest BCUT2D eigenvalue weighted by atomic mass is 10.0. The molecule has 0 aliphatic carbocycles. The number of carbonyl (C=O) groups is 2. The molecule has 6 heteroatoms. The highest BCUT2D eigenvalue weighted by atomic mass is 16.5. The number of hydrogen-bond donors (Lipinski definition) is 2. The number of aromatic nitrogens is 1. The van der Waals surface area contributed by atoms with E-state index in [2.05, 4.69) is 48.7 Å². The van der Waals surface area contributed by atoms with E-state index >= 15 is 0 Å². The van der Waals surface area contributed by atoms with Crippen LogP contribution in [-0.4, -0.2) is 33.3 Å². The molecule has 0 fully saturated rings. The first kappa shape index (κ1) is 31.8. The van der Waals surface area contributed by atoms with Gasteiger partial charge in [0.15, 0.2) is 0 Å². The van der Waals surface area contributed by atoms with Crippen molar-refractivity contribution in [3.63, 3.8) is 0 Å². The van der Waals surface area contributed by atoms with E-state index in [1.807, 2.05) is 30.3 Å². The van der Waals surface area contributed by atoms with Gasteiger partial charge in [-0.2, -0.15) is 0 Å². The molecule has 45 heavy (non-hydrogen) atoms. The van der Waals surface area contributed by atoms with Crippen LogP contribution < -0.4 is 4.74 Å². The number of carboxylic acid groups (broad SMARTS) is 2. The van der Waals surface area contributed by atoms with E-state index in [4.69, 9.17) is 9.84 Å². The van der Waals surface area contributed by atoms with Gasteiger partial charge in [-0.15, -0.1) is 0 Å². The van der Waals surface area contributed by atoms with Gasteiger partial charge in [0.2, 0.25) is 0 Å². The number of carboxylic acids is 2. The second-order valence-electron chi connectivity index (χ2n) is 11.8. The Hall–Kier alpha value is -4.58. The Labute approximate surface area is 265 Å². The second-order valence-corrected chi connectivity index (χ2v) is 11.8. The largest absolute Gasteiger partial charge is 0.494 e. The number of fused-ring (bicyclic) bond motifs is 3. The van der Waals surface area contributed by atoms with Crippen LogP contribution >= 0.6 is 0 Å². The van der Waals surface area contributed by atoms with Crippen LogP contribution in [0, 0.1) is 0 Å². The average molecular weight is 606 g/mol. The summed E-state index contributed by atoms with van der Waals surface area (Å²) in [5.74, 6) is -1.11. The fourth-order valence-electron chi connectivity index (χ4n) is 6.39. The molecule has 0 saturated carbocycles. The number of ether oxygens (including phenoxy) is 1. The van der Waals surface area contributed by atoms with E-state index < -0.39 is 11.9 Å². The molecule has 2 N–H and O–H groups in total. The third kappa shape index (κ3) is 7.39. The SMILES string of the molecule is CCCCCCCc1cc(OCCCc2ccc(C(=O)O)cc2)cc2c3c(C(=O)O)cccc3n(Cc3ccccc3CC)c12. The zero-order chi connectivity index (χ0) is 31.8. The Balaban J connectivity index is 1.53. The molecule has 0 aliphatic rings. The number of aromatic carboxylic acids is 2. The van der Waals surface area contributed by atoms with Crippen molar-refractivity contribution in [3.05, 3.63) is 112 Å². The topological polar surface area (TPSA) is 88.8 Å².